The van der Waals surface area contributed by atoms with E-state index in [2.05, 4.69) is 57.1 Å². The second-order valence-electron chi connectivity index (χ2n) is 6.51. The first-order chi connectivity index (χ1) is 9.92. The molecule has 0 unspecified atom stereocenters. The molecule has 3 heteroatoms. The lowest BCUT2D eigenvalue weighted by Crippen LogP contribution is -2.44. The Morgan fingerprint density at radius 1 is 1.19 bits per heavy atom. The van der Waals surface area contributed by atoms with Crippen molar-refractivity contribution in [3.05, 3.63) is 34.9 Å². The van der Waals surface area contributed by atoms with Crippen molar-refractivity contribution in [3.63, 3.8) is 0 Å². The highest BCUT2D eigenvalue weighted by atomic mass is 35.5. The smallest absolute Gasteiger partial charge is 0.0451 e. The van der Waals surface area contributed by atoms with Crippen LogP contribution < -0.4 is 5.32 Å². The first-order valence-corrected chi connectivity index (χ1v) is 8.45. The summed E-state index contributed by atoms with van der Waals surface area (Å²) in [6.07, 6.45) is 2.38. The molecule has 0 aliphatic rings. The Balaban J connectivity index is 2.67. The van der Waals surface area contributed by atoms with Crippen molar-refractivity contribution in [2.24, 2.45) is 5.41 Å². The number of benzene rings is 1. The van der Waals surface area contributed by atoms with Crippen molar-refractivity contribution in [1.82, 2.24) is 10.2 Å². The number of hydrogen-bond acceptors (Lipinski definition) is 2. The maximum Gasteiger partial charge on any atom is 0.0451 e. The molecule has 120 valence electrons. The van der Waals surface area contributed by atoms with Crippen molar-refractivity contribution in [2.45, 2.75) is 53.1 Å². The molecule has 0 heterocycles. The molecule has 0 saturated heterocycles. The number of nitrogens with zero attached hydrogens (tertiary/aromatic N) is 1. The van der Waals surface area contributed by atoms with Crippen LogP contribution in [0.25, 0.3) is 0 Å². The summed E-state index contributed by atoms with van der Waals surface area (Å²) in [5, 5.41) is 4.48. The molecule has 0 aliphatic heterocycles. The van der Waals surface area contributed by atoms with Crippen LogP contribution in [0.2, 0.25) is 5.02 Å². The van der Waals surface area contributed by atoms with Crippen molar-refractivity contribution in [3.8, 4) is 0 Å². The van der Waals surface area contributed by atoms with Crippen molar-refractivity contribution >= 4 is 11.6 Å². The third-order valence-electron chi connectivity index (χ3n) is 4.39. The zero-order chi connectivity index (χ0) is 15.9. The van der Waals surface area contributed by atoms with Gasteiger partial charge in [0.05, 0.1) is 0 Å². The van der Waals surface area contributed by atoms with E-state index in [1.54, 1.807) is 0 Å². The number of nitrogens with one attached hydrogen (secondary N) is 1. The predicted molar refractivity (Wildman–Crippen MR) is 93.9 cm³/mol. The van der Waals surface area contributed by atoms with Gasteiger partial charge in [0, 0.05) is 30.7 Å². The molecular formula is C18H31ClN2. The normalized spacial score (nSPS) is 12.4. The average Bonchev–Trinajstić information content (AvgIpc) is 2.46. The predicted octanol–water partition coefficient (Wildman–Crippen LogP) is 4.58. The van der Waals surface area contributed by atoms with Crippen molar-refractivity contribution < 1.29 is 0 Å². The minimum atomic E-state index is 0.334. The Bertz CT molecular complexity index is 413. The number of hydrogen-bond donors (Lipinski definition) is 1. The van der Waals surface area contributed by atoms with Gasteiger partial charge in [-0.3, -0.25) is 0 Å². The van der Waals surface area contributed by atoms with E-state index in [9.17, 15) is 0 Å². The van der Waals surface area contributed by atoms with Crippen LogP contribution in [0, 0.1) is 5.41 Å². The molecule has 0 aromatic heterocycles. The number of rotatable bonds is 9. The number of halogens is 1. The van der Waals surface area contributed by atoms with Gasteiger partial charge in [0.25, 0.3) is 0 Å². The van der Waals surface area contributed by atoms with E-state index in [1.807, 2.05) is 12.1 Å². The standard InChI is InChI=1S/C18H31ClN2/c1-6-18(7-2,13-20-15(3)4)14-21(5)12-16-10-8-9-11-17(16)19/h8-11,15,20H,6-7,12-14H2,1-5H3. The molecule has 0 spiro atoms. The molecule has 21 heavy (non-hydrogen) atoms. The molecule has 0 amide bonds. The summed E-state index contributed by atoms with van der Waals surface area (Å²) < 4.78 is 0. The molecular weight excluding hydrogens is 280 g/mol. The van der Waals surface area contributed by atoms with Crippen LogP contribution in [0.15, 0.2) is 24.3 Å². The molecule has 0 atom stereocenters. The highest BCUT2D eigenvalue weighted by Crippen LogP contribution is 2.28. The molecule has 2 nitrogen and oxygen atoms in total. The minimum Gasteiger partial charge on any atom is -0.314 e. The van der Waals surface area contributed by atoms with Crippen LogP contribution in [0.3, 0.4) is 0 Å². The van der Waals surface area contributed by atoms with Crippen LogP contribution in [-0.4, -0.2) is 31.1 Å². The second kappa shape index (κ2) is 8.77. The SMILES string of the molecule is CCC(CC)(CNC(C)C)CN(C)Cc1ccccc1Cl. The van der Waals surface area contributed by atoms with Crippen LogP contribution >= 0.6 is 11.6 Å². The van der Waals surface area contributed by atoms with Crippen LogP contribution in [-0.2, 0) is 6.54 Å². The van der Waals surface area contributed by atoms with Gasteiger partial charge in [-0.15, -0.1) is 0 Å². The van der Waals surface area contributed by atoms with Gasteiger partial charge < -0.3 is 10.2 Å². The monoisotopic (exact) mass is 310 g/mol. The Hall–Kier alpha value is -0.570. The van der Waals surface area contributed by atoms with Gasteiger partial charge in [-0.25, -0.2) is 0 Å². The lowest BCUT2D eigenvalue weighted by atomic mass is 9.81. The highest BCUT2D eigenvalue weighted by molar-refractivity contribution is 6.31. The summed E-state index contributed by atoms with van der Waals surface area (Å²) in [7, 11) is 2.19. The molecule has 1 N–H and O–H groups in total. The maximum absolute atomic E-state index is 6.27. The Morgan fingerprint density at radius 3 is 2.33 bits per heavy atom. The first-order valence-electron chi connectivity index (χ1n) is 8.07. The Labute approximate surface area is 135 Å². The summed E-state index contributed by atoms with van der Waals surface area (Å²) >= 11 is 6.27. The third-order valence-corrected chi connectivity index (χ3v) is 4.76. The lowest BCUT2D eigenvalue weighted by Gasteiger charge is -2.37. The van der Waals surface area contributed by atoms with Gasteiger partial charge >= 0.3 is 0 Å². The van der Waals surface area contributed by atoms with Crippen molar-refractivity contribution in [2.75, 3.05) is 20.1 Å². The van der Waals surface area contributed by atoms with Gasteiger partial charge in [-0.2, -0.15) is 0 Å². The fraction of sp³-hybridized carbons (Fsp3) is 0.667. The fourth-order valence-electron chi connectivity index (χ4n) is 2.75. The summed E-state index contributed by atoms with van der Waals surface area (Å²) in [5.74, 6) is 0. The Kier molecular flexibility index (Phi) is 7.72. The van der Waals surface area contributed by atoms with E-state index in [1.165, 1.54) is 18.4 Å². The Morgan fingerprint density at radius 2 is 1.81 bits per heavy atom. The highest BCUT2D eigenvalue weighted by Gasteiger charge is 2.27. The second-order valence-corrected chi connectivity index (χ2v) is 6.91. The van der Waals surface area contributed by atoms with Crippen LogP contribution in [0.5, 0.6) is 0 Å². The van der Waals surface area contributed by atoms with Gasteiger partial charge in [-0.1, -0.05) is 57.5 Å². The topological polar surface area (TPSA) is 15.3 Å². The largest absolute Gasteiger partial charge is 0.314 e. The first kappa shape index (κ1) is 18.5. The van der Waals surface area contributed by atoms with Gasteiger partial charge in [-0.05, 0) is 36.9 Å². The lowest BCUT2D eigenvalue weighted by molar-refractivity contribution is 0.148. The van der Waals surface area contributed by atoms with E-state index in [0.29, 0.717) is 11.5 Å². The van der Waals surface area contributed by atoms with E-state index in [4.69, 9.17) is 11.6 Å². The third kappa shape index (κ3) is 5.98. The molecule has 0 radical (unpaired) electrons. The summed E-state index contributed by atoms with van der Waals surface area (Å²) in [6.45, 7) is 12.1. The molecule has 0 saturated carbocycles. The fourth-order valence-corrected chi connectivity index (χ4v) is 2.94. The summed E-state index contributed by atoms with van der Waals surface area (Å²) in [5.41, 5.74) is 1.54. The molecule has 1 aromatic rings. The van der Waals surface area contributed by atoms with Gasteiger partial charge in [0.2, 0.25) is 0 Å². The minimum absolute atomic E-state index is 0.334. The van der Waals surface area contributed by atoms with Gasteiger partial charge in [0.1, 0.15) is 0 Å². The zero-order valence-electron chi connectivity index (χ0n) is 14.2. The van der Waals surface area contributed by atoms with E-state index in [0.717, 1.165) is 24.7 Å². The van der Waals surface area contributed by atoms with E-state index >= 15 is 0 Å². The molecule has 0 aliphatic carbocycles. The molecule has 0 bridgehead atoms. The maximum atomic E-state index is 6.27. The molecule has 1 aromatic carbocycles. The molecule has 0 fully saturated rings. The zero-order valence-corrected chi connectivity index (χ0v) is 15.0. The summed E-state index contributed by atoms with van der Waals surface area (Å²) in [6, 6.07) is 8.67. The van der Waals surface area contributed by atoms with E-state index < -0.39 is 0 Å². The summed E-state index contributed by atoms with van der Waals surface area (Å²) in [4.78, 5) is 2.40. The van der Waals surface area contributed by atoms with Gasteiger partial charge in [0.15, 0.2) is 0 Å². The average molecular weight is 311 g/mol. The molecule has 1 rings (SSSR count). The van der Waals surface area contributed by atoms with Crippen molar-refractivity contribution in [1.29, 1.82) is 0 Å². The van der Waals surface area contributed by atoms with Crippen LogP contribution in [0.1, 0.15) is 46.1 Å². The quantitative estimate of drug-likeness (QED) is 0.718. The van der Waals surface area contributed by atoms with E-state index in [-0.39, 0.29) is 0 Å². The van der Waals surface area contributed by atoms with Crippen LogP contribution in [0.4, 0.5) is 0 Å².